The van der Waals surface area contributed by atoms with Gasteiger partial charge in [0, 0.05) is 11.0 Å². The highest BCUT2D eigenvalue weighted by Crippen LogP contribution is 2.38. The second-order valence-corrected chi connectivity index (χ2v) is 6.81. The minimum atomic E-state index is 0.462. The molecular weight excluding hydrogens is 314 g/mol. The lowest BCUT2D eigenvalue weighted by Crippen LogP contribution is -2.37. The van der Waals surface area contributed by atoms with E-state index < -0.39 is 0 Å². The fourth-order valence-corrected chi connectivity index (χ4v) is 3.39. The SMILES string of the molecule is CCNCC1(CCOc2ccc(Br)cc2)CCCCC1. The van der Waals surface area contributed by atoms with E-state index in [2.05, 4.69) is 28.2 Å². The predicted molar refractivity (Wildman–Crippen MR) is 88.3 cm³/mol. The molecule has 0 amide bonds. The van der Waals surface area contributed by atoms with Crippen LogP contribution in [0.15, 0.2) is 28.7 Å². The van der Waals surface area contributed by atoms with Crippen LogP contribution in [0.3, 0.4) is 0 Å². The van der Waals surface area contributed by atoms with E-state index in [1.165, 1.54) is 32.1 Å². The zero-order valence-corrected chi connectivity index (χ0v) is 14.0. The molecule has 0 aliphatic heterocycles. The van der Waals surface area contributed by atoms with Gasteiger partial charge < -0.3 is 10.1 Å². The third-order valence-electron chi connectivity index (χ3n) is 4.38. The minimum absolute atomic E-state index is 0.462. The third kappa shape index (κ3) is 4.78. The van der Waals surface area contributed by atoms with Crippen molar-refractivity contribution in [2.24, 2.45) is 5.41 Å². The zero-order valence-electron chi connectivity index (χ0n) is 12.5. The molecule has 0 heterocycles. The number of benzene rings is 1. The van der Waals surface area contributed by atoms with Crippen molar-refractivity contribution >= 4 is 15.9 Å². The molecule has 112 valence electrons. The molecule has 2 rings (SSSR count). The van der Waals surface area contributed by atoms with Crippen molar-refractivity contribution in [3.63, 3.8) is 0 Å². The summed E-state index contributed by atoms with van der Waals surface area (Å²) in [6, 6.07) is 8.12. The van der Waals surface area contributed by atoms with Gasteiger partial charge in [0.05, 0.1) is 6.61 Å². The summed E-state index contributed by atoms with van der Waals surface area (Å²) < 4.78 is 7.02. The van der Waals surface area contributed by atoms with Gasteiger partial charge in [-0.25, -0.2) is 0 Å². The Hall–Kier alpha value is -0.540. The number of hydrogen-bond donors (Lipinski definition) is 1. The molecule has 1 aromatic rings. The molecule has 1 aliphatic rings. The molecule has 2 nitrogen and oxygen atoms in total. The summed E-state index contributed by atoms with van der Waals surface area (Å²) in [6.45, 7) is 5.23. The van der Waals surface area contributed by atoms with Crippen molar-refractivity contribution in [3.05, 3.63) is 28.7 Å². The average molecular weight is 340 g/mol. The molecule has 1 N–H and O–H groups in total. The standard InChI is InChI=1S/C17H26BrNO/c1-2-19-14-17(10-4-3-5-11-17)12-13-20-16-8-6-15(18)7-9-16/h6-9,19H,2-5,10-14H2,1H3. The monoisotopic (exact) mass is 339 g/mol. The van der Waals surface area contributed by atoms with Gasteiger partial charge in [-0.3, -0.25) is 0 Å². The molecule has 0 radical (unpaired) electrons. The van der Waals surface area contributed by atoms with Crippen LogP contribution in [-0.4, -0.2) is 19.7 Å². The van der Waals surface area contributed by atoms with Crippen molar-refractivity contribution < 1.29 is 4.74 Å². The zero-order chi connectivity index (χ0) is 14.3. The first-order valence-corrected chi connectivity index (χ1v) is 8.62. The smallest absolute Gasteiger partial charge is 0.119 e. The van der Waals surface area contributed by atoms with Crippen LogP contribution in [0.4, 0.5) is 0 Å². The van der Waals surface area contributed by atoms with Crippen LogP contribution in [0.5, 0.6) is 5.75 Å². The first-order valence-electron chi connectivity index (χ1n) is 7.83. The Labute approximate surface area is 131 Å². The summed E-state index contributed by atoms with van der Waals surface area (Å²) in [4.78, 5) is 0. The van der Waals surface area contributed by atoms with E-state index in [1.807, 2.05) is 24.3 Å². The molecule has 0 spiro atoms. The normalized spacial score (nSPS) is 17.9. The Kier molecular flexibility index (Phi) is 6.37. The molecule has 0 aromatic heterocycles. The van der Waals surface area contributed by atoms with Crippen molar-refractivity contribution in [1.82, 2.24) is 5.32 Å². The third-order valence-corrected chi connectivity index (χ3v) is 4.91. The van der Waals surface area contributed by atoms with Gasteiger partial charge in [0.25, 0.3) is 0 Å². The van der Waals surface area contributed by atoms with Crippen LogP contribution in [0.2, 0.25) is 0 Å². The number of rotatable bonds is 7. The first-order chi connectivity index (χ1) is 9.74. The Morgan fingerprint density at radius 1 is 1.15 bits per heavy atom. The number of ether oxygens (including phenoxy) is 1. The highest BCUT2D eigenvalue weighted by atomic mass is 79.9. The second kappa shape index (κ2) is 8.04. The van der Waals surface area contributed by atoms with Gasteiger partial charge in [-0.1, -0.05) is 42.1 Å². The average Bonchev–Trinajstić information content (AvgIpc) is 2.48. The topological polar surface area (TPSA) is 21.3 Å². The van der Waals surface area contributed by atoms with E-state index in [0.29, 0.717) is 5.41 Å². The first kappa shape index (κ1) is 15.8. The minimum Gasteiger partial charge on any atom is -0.494 e. The fraction of sp³-hybridized carbons (Fsp3) is 0.647. The Morgan fingerprint density at radius 3 is 2.50 bits per heavy atom. The van der Waals surface area contributed by atoms with Crippen LogP contribution in [0.1, 0.15) is 45.4 Å². The summed E-state index contributed by atoms with van der Waals surface area (Å²) >= 11 is 3.45. The molecule has 0 unspecified atom stereocenters. The summed E-state index contributed by atoms with van der Waals surface area (Å²) in [6.07, 6.45) is 8.03. The number of hydrogen-bond acceptors (Lipinski definition) is 2. The Morgan fingerprint density at radius 2 is 1.85 bits per heavy atom. The molecule has 0 atom stereocenters. The molecule has 3 heteroatoms. The van der Waals surface area contributed by atoms with Gasteiger partial charge in [-0.05, 0) is 55.5 Å². The van der Waals surface area contributed by atoms with Gasteiger partial charge in [-0.15, -0.1) is 0 Å². The van der Waals surface area contributed by atoms with Gasteiger partial charge in [0.1, 0.15) is 5.75 Å². The lowest BCUT2D eigenvalue weighted by Gasteiger charge is -2.37. The lowest BCUT2D eigenvalue weighted by molar-refractivity contribution is 0.134. The highest BCUT2D eigenvalue weighted by molar-refractivity contribution is 9.10. The Balaban J connectivity index is 1.83. The molecule has 0 bridgehead atoms. The molecule has 0 saturated heterocycles. The summed E-state index contributed by atoms with van der Waals surface area (Å²) in [5.74, 6) is 0.975. The summed E-state index contributed by atoms with van der Waals surface area (Å²) in [5.41, 5.74) is 0.462. The predicted octanol–water partition coefficient (Wildman–Crippen LogP) is 4.78. The van der Waals surface area contributed by atoms with Gasteiger partial charge >= 0.3 is 0 Å². The quantitative estimate of drug-likeness (QED) is 0.771. The van der Waals surface area contributed by atoms with Gasteiger partial charge in [0.15, 0.2) is 0 Å². The fourth-order valence-electron chi connectivity index (χ4n) is 3.12. The number of nitrogens with one attached hydrogen (secondary N) is 1. The van der Waals surface area contributed by atoms with Crippen LogP contribution >= 0.6 is 15.9 Å². The van der Waals surface area contributed by atoms with Crippen molar-refractivity contribution in [2.45, 2.75) is 45.4 Å². The van der Waals surface area contributed by atoms with Crippen LogP contribution in [-0.2, 0) is 0 Å². The van der Waals surface area contributed by atoms with Crippen LogP contribution in [0.25, 0.3) is 0 Å². The van der Waals surface area contributed by atoms with Crippen LogP contribution in [0, 0.1) is 5.41 Å². The van der Waals surface area contributed by atoms with Gasteiger partial charge in [0.2, 0.25) is 0 Å². The second-order valence-electron chi connectivity index (χ2n) is 5.89. The van der Waals surface area contributed by atoms with Crippen LogP contribution < -0.4 is 10.1 Å². The maximum atomic E-state index is 5.92. The van der Waals surface area contributed by atoms with Crippen molar-refractivity contribution in [3.8, 4) is 5.75 Å². The molecule has 1 aromatic carbocycles. The van der Waals surface area contributed by atoms with E-state index in [-0.39, 0.29) is 0 Å². The molecule has 20 heavy (non-hydrogen) atoms. The summed E-state index contributed by atoms with van der Waals surface area (Å²) in [5, 5.41) is 3.55. The van der Waals surface area contributed by atoms with Crippen molar-refractivity contribution in [2.75, 3.05) is 19.7 Å². The van der Waals surface area contributed by atoms with E-state index in [4.69, 9.17) is 4.74 Å². The number of halogens is 1. The maximum Gasteiger partial charge on any atom is 0.119 e. The van der Waals surface area contributed by atoms with E-state index >= 15 is 0 Å². The highest BCUT2D eigenvalue weighted by Gasteiger charge is 2.31. The van der Waals surface area contributed by atoms with Gasteiger partial charge in [-0.2, -0.15) is 0 Å². The van der Waals surface area contributed by atoms with E-state index in [9.17, 15) is 0 Å². The van der Waals surface area contributed by atoms with E-state index in [0.717, 1.165) is 36.3 Å². The molecule has 1 saturated carbocycles. The lowest BCUT2D eigenvalue weighted by atomic mass is 9.72. The van der Waals surface area contributed by atoms with Crippen molar-refractivity contribution in [1.29, 1.82) is 0 Å². The largest absolute Gasteiger partial charge is 0.494 e. The molecule has 1 aliphatic carbocycles. The van der Waals surface area contributed by atoms with E-state index in [1.54, 1.807) is 0 Å². The maximum absolute atomic E-state index is 5.92. The molecule has 1 fully saturated rings. The molecular formula is C17H26BrNO. The Bertz CT molecular complexity index is 384. The summed E-state index contributed by atoms with van der Waals surface area (Å²) in [7, 11) is 0.